The zero-order valence-corrected chi connectivity index (χ0v) is 13.2. The fraction of sp³-hybridized carbons (Fsp3) is 0.438. The van der Waals surface area contributed by atoms with Crippen molar-refractivity contribution in [2.45, 2.75) is 39.7 Å². The molecular formula is C16H18N4S. The van der Waals surface area contributed by atoms with Crippen molar-refractivity contribution in [3.63, 3.8) is 0 Å². The molecule has 4 nitrogen and oxygen atoms in total. The van der Waals surface area contributed by atoms with Crippen molar-refractivity contribution in [2.75, 3.05) is 11.4 Å². The van der Waals surface area contributed by atoms with Crippen molar-refractivity contribution in [3.8, 4) is 6.07 Å². The van der Waals surface area contributed by atoms with E-state index in [-0.39, 0.29) is 0 Å². The van der Waals surface area contributed by atoms with Gasteiger partial charge in [0.05, 0.1) is 5.69 Å². The zero-order valence-electron chi connectivity index (χ0n) is 12.4. The number of hydrogen-bond acceptors (Lipinski definition) is 5. The Balaban J connectivity index is 2.02. The van der Waals surface area contributed by atoms with Gasteiger partial charge in [0.25, 0.3) is 0 Å². The summed E-state index contributed by atoms with van der Waals surface area (Å²) < 4.78 is 0. The first kappa shape index (κ1) is 14.0. The van der Waals surface area contributed by atoms with Crippen LogP contribution in [0.4, 0.5) is 5.82 Å². The molecule has 5 heteroatoms. The van der Waals surface area contributed by atoms with Crippen molar-refractivity contribution < 1.29 is 0 Å². The van der Waals surface area contributed by atoms with Gasteiger partial charge in [-0.1, -0.05) is 13.8 Å². The Kier molecular flexibility index (Phi) is 3.89. The summed E-state index contributed by atoms with van der Waals surface area (Å²) in [5.74, 6) is 0.753. The Hall–Kier alpha value is -1.93. The smallest absolute Gasteiger partial charge is 0.169 e. The van der Waals surface area contributed by atoms with Gasteiger partial charge in [-0.15, -0.1) is 16.4 Å². The van der Waals surface area contributed by atoms with Gasteiger partial charge in [-0.25, -0.2) is 0 Å². The van der Waals surface area contributed by atoms with Crippen LogP contribution in [0, 0.1) is 11.3 Å². The molecule has 0 radical (unpaired) electrons. The lowest BCUT2D eigenvalue weighted by molar-refractivity contribution is 0.714. The molecule has 2 aromatic rings. The molecule has 0 atom stereocenters. The van der Waals surface area contributed by atoms with Crippen LogP contribution in [0.3, 0.4) is 0 Å². The Morgan fingerprint density at radius 1 is 1.33 bits per heavy atom. The van der Waals surface area contributed by atoms with E-state index in [1.54, 1.807) is 0 Å². The van der Waals surface area contributed by atoms with E-state index < -0.39 is 0 Å². The summed E-state index contributed by atoms with van der Waals surface area (Å²) in [5.41, 5.74) is 4.07. The summed E-state index contributed by atoms with van der Waals surface area (Å²) in [5, 5.41) is 20.5. The molecule has 1 aliphatic heterocycles. The molecule has 3 rings (SSSR count). The highest BCUT2D eigenvalue weighted by Gasteiger charge is 2.23. The van der Waals surface area contributed by atoms with Gasteiger partial charge in [-0.3, -0.25) is 0 Å². The van der Waals surface area contributed by atoms with Crippen molar-refractivity contribution in [1.29, 1.82) is 5.26 Å². The predicted octanol–water partition coefficient (Wildman–Crippen LogP) is 3.10. The second kappa shape index (κ2) is 5.82. The van der Waals surface area contributed by atoms with Crippen molar-refractivity contribution in [1.82, 2.24) is 10.2 Å². The SMILES string of the molecule is CCc1nnc(N2CCc3sccc3C2)c(C#N)c1CC. The highest BCUT2D eigenvalue weighted by molar-refractivity contribution is 7.10. The van der Waals surface area contributed by atoms with Crippen molar-refractivity contribution in [3.05, 3.63) is 38.7 Å². The van der Waals surface area contributed by atoms with Gasteiger partial charge < -0.3 is 4.90 Å². The number of hydrogen-bond donors (Lipinski definition) is 0. The summed E-state index contributed by atoms with van der Waals surface area (Å²) in [6.45, 7) is 5.87. The summed E-state index contributed by atoms with van der Waals surface area (Å²) in [7, 11) is 0. The first-order valence-electron chi connectivity index (χ1n) is 7.37. The summed E-state index contributed by atoms with van der Waals surface area (Å²) in [6, 6.07) is 4.54. The van der Waals surface area contributed by atoms with Crippen LogP contribution in [0.1, 0.15) is 41.1 Å². The number of fused-ring (bicyclic) bond motifs is 1. The van der Waals surface area contributed by atoms with Crippen molar-refractivity contribution >= 4 is 17.2 Å². The van der Waals surface area contributed by atoms with Gasteiger partial charge in [-0.05, 0) is 41.8 Å². The van der Waals surface area contributed by atoms with Crippen LogP contribution in [-0.4, -0.2) is 16.7 Å². The second-order valence-corrected chi connectivity index (χ2v) is 6.18. The molecule has 0 saturated heterocycles. The maximum Gasteiger partial charge on any atom is 0.169 e. The minimum absolute atomic E-state index is 0.711. The fourth-order valence-corrected chi connectivity index (χ4v) is 3.82. The normalized spacial score (nSPS) is 13.9. The zero-order chi connectivity index (χ0) is 14.8. The van der Waals surface area contributed by atoms with E-state index in [1.165, 1.54) is 10.4 Å². The Labute approximate surface area is 129 Å². The van der Waals surface area contributed by atoms with Gasteiger partial charge in [0.2, 0.25) is 0 Å². The van der Waals surface area contributed by atoms with Crippen LogP contribution >= 0.6 is 11.3 Å². The fourth-order valence-electron chi connectivity index (χ4n) is 2.93. The minimum Gasteiger partial charge on any atom is -0.349 e. The molecule has 0 amide bonds. The number of thiophene rings is 1. The summed E-state index contributed by atoms with van der Waals surface area (Å²) >= 11 is 1.82. The van der Waals surface area contributed by atoms with E-state index in [1.807, 2.05) is 11.3 Å². The Morgan fingerprint density at radius 3 is 2.90 bits per heavy atom. The predicted molar refractivity (Wildman–Crippen MR) is 84.6 cm³/mol. The molecule has 2 aromatic heterocycles. The quantitative estimate of drug-likeness (QED) is 0.873. The standard InChI is InChI=1S/C16H18N4S/c1-3-12-13(9-17)16(19-18-14(12)4-2)20-7-5-15-11(10-20)6-8-21-15/h6,8H,3-5,7,10H2,1-2H3. The van der Waals surface area contributed by atoms with E-state index in [0.29, 0.717) is 5.56 Å². The van der Waals surface area contributed by atoms with E-state index in [2.05, 4.69) is 46.5 Å². The Morgan fingerprint density at radius 2 is 2.19 bits per heavy atom. The molecule has 3 heterocycles. The first-order chi connectivity index (χ1) is 10.3. The molecule has 0 bridgehead atoms. The lowest BCUT2D eigenvalue weighted by Gasteiger charge is -2.29. The average molecular weight is 298 g/mol. The van der Waals surface area contributed by atoms with E-state index in [9.17, 15) is 5.26 Å². The summed E-state index contributed by atoms with van der Waals surface area (Å²) in [4.78, 5) is 3.65. The van der Waals surface area contributed by atoms with Gasteiger partial charge in [0, 0.05) is 18.0 Å². The van der Waals surface area contributed by atoms with Crippen LogP contribution in [0.5, 0.6) is 0 Å². The van der Waals surface area contributed by atoms with E-state index in [0.717, 1.165) is 49.4 Å². The molecule has 0 aromatic carbocycles. The molecule has 0 unspecified atom stereocenters. The average Bonchev–Trinajstić information content (AvgIpc) is 3.00. The highest BCUT2D eigenvalue weighted by Crippen LogP contribution is 2.30. The van der Waals surface area contributed by atoms with Crippen LogP contribution in [0.15, 0.2) is 11.4 Å². The maximum atomic E-state index is 9.59. The molecule has 0 fully saturated rings. The monoisotopic (exact) mass is 298 g/mol. The molecule has 1 aliphatic rings. The van der Waals surface area contributed by atoms with Gasteiger partial charge >= 0.3 is 0 Å². The van der Waals surface area contributed by atoms with Gasteiger partial charge in [0.15, 0.2) is 5.82 Å². The highest BCUT2D eigenvalue weighted by atomic mass is 32.1. The molecule has 0 aliphatic carbocycles. The van der Waals surface area contributed by atoms with E-state index >= 15 is 0 Å². The third kappa shape index (κ3) is 2.40. The molecule has 0 N–H and O–H groups in total. The van der Waals surface area contributed by atoms with Crippen LogP contribution in [0.2, 0.25) is 0 Å². The third-order valence-corrected chi connectivity index (χ3v) is 5.07. The number of anilines is 1. The number of aromatic nitrogens is 2. The molecule has 108 valence electrons. The Bertz CT molecular complexity index is 699. The van der Waals surface area contributed by atoms with Crippen LogP contribution < -0.4 is 4.90 Å². The lowest BCUT2D eigenvalue weighted by atomic mass is 10.0. The van der Waals surface area contributed by atoms with Crippen molar-refractivity contribution in [2.24, 2.45) is 0 Å². The number of rotatable bonds is 3. The molecular weight excluding hydrogens is 280 g/mol. The maximum absolute atomic E-state index is 9.59. The molecule has 0 saturated carbocycles. The number of aryl methyl sites for hydroxylation is 1. The first-order valence-corrected chi connectivity index (χ1v) is 8.25. The topological polar surface area (TPSA) is 52.8 Å². The lowest BCUT2D eigenvalue weighted by Crippen LogP contribution is -2.31. The molecule has 21 heavy (non-hydrogen) atoms. The minimum atomic E-state index is 0.711. The van der Waals surface area contributed by atoms with Crippen LogP contribution in [-0.2, 0) is 25.8 Å². The number of nitrogens with zero attached hydrogens (tertiary/aromatic N) is 4. The van der Waals surface area contributed by atoms with E-state index in [4.69, 9.17) is 0 Å². The second-order valence-electron chi connectivity index (χ2n) is 5.18. The molecule has 0 spiro atoms. The largest absolute Gasteiger partial charge is 0.349 e. The third-order valence-electron chi connectivity index (χ3n) is 4.05. The summed E-state index contributed by atoms with van der Waals surface area (Å²) in [6.07, 6.45) is 2.67. The number of nitriles is 1. The van der Waals surface area contributed by atoms with Gasteiger partial charge in [-0.2, -0.15) is 10.4 Å². The van der Waals surface area contributed by atoms with Gasteiger partial charge in [0.1, 0.15) is 11.6 Å². The van der Waals surface area contributed by atoms with Crippen LogP contribution in [0.25, 0.3) is 0 Å².